The Morgan fingerprint density at radius 3 is 0.989 bits per heavy atom. The molecule has 3 amide bonds. The number of anilines is 3. The first-order valence-electron chi connectivity index (χ1n) is 30.1. The minimum Gasteiger partial charge on any atom is -0.444 e. The van der Waals surface area contributed by atoms with E-state index in [2.05, 4.69) is 47.8 Å². The summed E-state index contributed by atoms with van der Waals surface area (Å²) in [5.74, 6) is -0.111. The van der Waals surface area contributed by atoms with Crippen molar-refractivity contribution in [3.63, 3.8) is 0 Å². The number of ether oxygens (including phenoxy) is 3. The van der Waals surface area contributed by atoms with E-state index in [0.717, 1.165) is 64.6 Å². The number of sulfone groups is 1. The van der Waals surface area contributed by atoms with Gasteiger partial charge in [-0.05, 0) is 160 Å². The number of nitrogens with zero attached hydrogens (tertiary/aromatic N) is 6. The Hall–Kier alpha value is -6.86. The van der Waals surface area contributed by atoms with E-state index in [-0.39, 0.29) is 82.5 Å². The van der Waals surface area contributed by atoms with Gasteiger partial charge in [-0.1, -0.05) is 102 Å². The number of rotatable bonds is 12. The number of benzene rings is 7. The Morgan fingerprint density at radius 1 is 0.394 bits per heavy atom. The predicted octanol–water partition coefficient (Wildman–Crippen LogP) is 12.6. The van der Waals surface area contributed by atoms with Crippen LogP contribution in [0.3, 0.4) is 0 Å². The molecule has 0 atom stereocenters. The highest BCUT2D eigenvalue weighted by molar-refractivity contribution is 9.11. The van der Waals surface area contributed by atoms with Crippen molar-refractivity contribution in [3.05, 3.63) is 193 Å². The zero-order chi connectivity index (χ0) is 66.9. The molecule has 0 radical (unpaired) electrons. The van der Waals surface area contributed by atoms with Crippen LogP contribution in [0.4, 0.5) is 31.4 Å². The van der Waals surface area contributed by atoms with Crippen LogP contribution < -0.4 is 14.7 Å². The number of carbonyl (C=O) groups is 4. The summed E-state index contributed by atoms with van der Waals surface area (Å²) in [6.07, 6.45) is 2.92. The SMILES string of the molecule is CC(=O)c1ccc(S(=O)(=O)N2CCC(N3C(=O)OCc4cc(Br)ccc43)CC2)cc1.CS(=O)(=O)c1ccc(S(=O)(=O)N2CCC(N3C(=O)OCc4cc(Br)ccc43)CC2)cc1.O=C1OCc2cc(Br)ccc2N1C1CCN(S(=O)(=O)c2ccc(-c3ccccc3)cc2)CC1. The van der Waals surface area contributed by atoms with Gasteiger partial charge < -0.3 is 14.2 Å². The Morgan fingerprint density at radius 2 is 0.681 bits per heavy atom. The van der Waals surface area contributed by atoms with E-state index in [4.69, 9.17) is 14.2 Å². The Bertz CT molecular complexity index is 4500. The van der Waals surface area contributed by atoms with Crippen molar-refractivity contribution in [1.29, 1.82) is 0 Å². The van der Waals surface area contributed by atoms with E-state index in [0.29, 0.717) is 70.3 Å². The molecule has 0 unspecified atom stereocenters. The number of carbonyl (C=O) groups excluding carboxylic acids is 4. The standard InChI is InChI=1S/C25H23BrN2O4S.C21H21BrN2O5S.C20H21BrN2O6S2/c26-21-8-11-24-20(16-21)17-32-25(29)28(24)22-12-14-27(15-13-22)33(30,31)23-9-6-19(7-10-23)18-4-2-1-3-5-18;1-14(25)15-2-5-19(6-3-15)30(27,28)23-10-8-18(9-11-23)24-20-7-4-17(22)12-16(20)13-29-21(24)26;1-30(25,26)17-3-5-18(6-4-17)31(27,28)22-10-8-16(9-11-22)23-19-7-2-15(21)12-14(19)13-29-20(23)24/h1-11,16,22H,12-15,17H2;2-7,12,18H,8-11,13H2,1H3;2-7,12,16H,8-11,13H2,1H3. The van der Waals surface area contributed by atoms with Crippen LogP contribution in [-0.4, -0.2) is 134 Å². The van der Waals surface area contributed by atoms with Crippen molar-refractivity contribution in [2.45, 2.75) is 103 Å². The van der Waals surface area contributed by atoms with Gasteiger partial charge in [-0.2, -0.15) is 12.9 Å². The number of Topliss-reactive ketones (excluding diaryl/α,β-unsaturated/α-hetero) is 1. The lowest BCUT2D eigenvalue weighted by Gasteiger charge is -2.39. The van der Waals surface area contributed by atoms with Gasteiger partial charge in [0, 0.05) is 99.3 Å². The number of cyclic esters (lactones) is 3. The lowest BCUT2D eigenvalue weighted by atomic mass is 10.0. The summed E-state index contributed by atoms with van der Waals surface area (Å²) in [5, 5.41) is 0. The second kappa shape index (κ2) is 28.5. The van der Waals surface area contributed by atoms with E-state index < -0.39 is 52.1 Å². The molecular weight excluding hydrogens is 1480 g/mol. The average Bonchev–Trinajstić information content (AvgIpc) is 0.792. The number of hydrogen-bond acceptors (Lipinski definition) is 15. The maximum Gasteiger partial charge on any atom is 0.414 e. The maximum atomic E-state index is 13.2. The number of fused-ring (bicyclic) bond motifs is 3. The molecule has 6 heterocycles. The van der Waals surface area contributed by atoms with E-state index in [1.54, 1.807) is 26.8 Å². The molecule has 0 saturated carbocycles. The van der Waals surface area contributed by atoms with Crippen molar-refractivity contribution < 1.29 is 67.1 Å². The van der Waals surface area contributed by atoms with Crippen LogP contribution in [-0.2, 0) is 73.9 Å². The zero-order valence-electron chi connectivity index (χ0n) is 50.9. The normalized spacial score (nSPS) is 18.0. The van der Waals surface area contributed by atoms with Gasteiger partial charge >= 0.3 is 18.3 Å². The van der Waals surface area contributed by atoms with Crippen LogP contribution in [0.15, 0.2) is 191 Å². The molecule has 3 fully saturated rings. The van der Waals surface area contributed by atoms with E-state index in [1.807, 2.05) is 97.1 Å². The number of sulfonamides is 3. The summed E-state index contributed by atoms with van der Waals surface area (Å²) >= 11 is 10.3. The molecule has 7 aromatic rings. The molecule has 0 N–H and O–H groups in total. The van der Waals surface area contributed by atoms with Gasteiger partial charge in [0.15, 0.2) is 15.6 Å². The van der Waals surface area contributed by atoms with E-state index in [9.17, 15) is 52.8 Å². The smallest absolute Gasteiger partial charge is 0.414 e. The summed E-state index contributed by atoms with van der Waals surface area (Å²) in [7, 11) is -14.4. The zero-order valence-corrected chi connectivity index (χ0v) is 58.9. The van der Waals surface area contributed by atoms with E-state index >= 15 is 0 Å². The summed E-state index contributed by atoms with van der Waals surface area (Å²) in [4.78, 5) is 54.4. The number of piperidine rings is 3. The fourth-order valence-corrected chi connectivity index (χ4v) is 18.6. The second-order valence-electron chi connectivity index (χ2n) is 23.2. The Labute approximate surface area is 572 Å². The van der Waals surface area contributed by atoms with Gasteiger partial charge in [-0.3, -0.25) is 19.5 Å². The second-order valence-corrected chi connectivity index (χ2v) is 33.8. The summed E-state index contributed by atoms with van der Waals surface area (Å²) in [6.45, 7) is 3.93. The molecule has 94 heavy (non-hydrogen) atoms. The van der Waals surface area contributed by atoms with Gasteiger partial charge in [0.2, 0.25) is 30.1 Å². The number of amides is 3. The first kappa shape index (κ1) is 68.5. The van der Waals surface area contributed by atoms with Crippen LogP contribution in [0.5, 0.6) is 0 Å². The molecule has 3 saturated heterocycles. The molecule has 0 aliphatic carbocycles. The fraction of sp³-hybridized carbons (Fsp3) is 0.303. The molecule has 494 valence electrons. The lowest BCUT2D eigenvalue weighted by Crippen LogP contribution is -2.50. The number of hydrogen-bond donors (Lipinski definition) is 0. The van der Waals surface area contributed by atoms with Crippen LogP contribution in [0.25, 0.3) is 11.1 Å². The molecular formula is C66H65Br3N6O15S4. The largest absolute Gasteiger partial charge is 0.444 e. The van der Waals surface area contributed by atoms with Crippen molar-refractivity contribution in [2.24, 2.45) is 0 Å². The van der Waals surface area contributed by atoms with Crippen molar-refractivity contribution in [3.8, 4) is 11.1 Å². The Balaban J connectivity index is 0.000000144. The first-order valence-corrected chi connectivity index (χ1v) is 38.7. The number of halogens is 3. The van der Waals surface area contributed by atoms with Crippen molar-refractivity contribution >= 4 is 129 Å². The molecule has 28 heteroatoms. The lowest BCUT2D eigenvalue weighted by molar-refractivity contribution is 0.101. The van der Waals surface area contributed by atoms with Crippen molar-refractivity contribution in [2.75, 3.05) is 60.2 Å². The van der Waals surface area contributed by atoms with Gasteiger partial charge in [-0.15, -0.1) is 0 Å². The van der Waals surface area contributed by atoms with Gasteiger partial charge in [0.05, 0.1) is 36.6 Å². The topological polar surface area (TPSA) is 252 Å². The third-order valence-electron chi connectivity index (χ3n) is 17.3. The van der Waals surface area contributed by atoms with Crippen LogP contribution >= 0.6 is 47.8 Å². The summed E-state index contributed by atoms with van der Waals surface area (Å²) < 4.78 is 125. The molecule has 13 rings (SSSR count). The maximum absolute atomic E-state index is 13.2. The van der Waals surface area contributed by atoms with Crippen molar-refractivity contribution in [1.82, 2.24) is 12.9 Å². The third kappa shape index (κ3) is 14.9. The predicted molar refractivity (Wildman–Crippen MR) is 364 cm³/mol. The van der Waals surface area contributed by atoms with Crippen LogP contribution in [0.1, 0.15) is 72.5 Å². The highest BCUT2D eigenvalue weighted by Gasteiger charge is 2.41. The molecule has 7 aromatic carbocycles. The van der Waals surface area contributed by atoms with Crippen LogP contribution in [0, 0.1) is 0 Å². The van der Waals surface area contributed by atoms with Gasteiger partial charge in [0.25, 0.3) is 0 Å². The minimum absolute atomic E-state index is 0.0472. The van der Waals surface area contributed by atoms with Crippen LogP contribution in [0.2, 0.25) is 0 Å². The molecule has 6 aliphatic heterocycles. The molecule has 0 bridgehead atoms. The third-order valence-corrected chi connectivity index (χ3v) is 25.6. The summed E-state index contributed by atoms with van der Waals surface area (Å²) in [6, 6.07) is 44.8. The van der Waals surface area contributed by atoms with Gasteiger partial charge in [-0.25, -0.2) is 48.1 Å². The number of ketones is 1. The Kier molecular flexibility index (Phi) is 20.7. The molecule has 21 nitrogen and oxygen atoms in total. The first-order chi connectivity index (χ1) is 44.8. The molecule has 0 aromatic heterocycles. The highest BCUT2D eigenvalue weighted by atomic mass is 79.9. The van der Waals surface area contributed by atoms with Gasteiger partial charge in [0.1, 0.15) is 19.8 Å². The summed E-state index contributed by atoms with van der Waals surface area (Å²) in [5.41, 5.74) is 7.70. The van der Waals surface area contributed by atoms with E-state index in [1.165, 1.54) is 68.4 Å². The quantitative estimate of drug-likeness (QED) is 0.0814. The minimum atomic E-state index is -3.76. The average molecular weight is 1550 g/mol. The highest BCUT2D eigenvalue weighted by Crippen LogP contribution is 2.39. The molecule has 6 aliphatic rings. The monoisotopic (exact) mass is 1550 g/mol. The molecule has 0 spiro atoms. The fourth-order valence-electron chi connectivity index (χ4n) is 12.3.